The zero-order valence-corrected chi connectivity index (χ0v) is 15.4. The summed E-state index contributed by atoms with van der Waals surface area (Å²) in [6.07, 6.45) is -0.171. The molecule has 0 aromatic heterocycles. The molecule has 2 aliphatic rings. The number of cyclic esters (lactones) is 1. The fourth-order valence-corrected chi connectivity index (χ4v) is 3.26. The number of amides is 2. The first-order valence-electron chi connectivity index (χ1n) is 8.43. The van der Waals surface area contributed by atoms with Crippen LogP contribution < -0.4 is 10.3 Å². The van der Waals surface area contributed by atoms with Gasteiger partial charge in [-0.15, -0.1) is 0 Å². The molecule has 144 valence electrons. The van der Waals surface area contributed by atoms with E-state index in [1.54, 1.807) is 0 Å². The summed E-state index contributed by atoms with van der Waals surface area (Å²) in [4.78, 5) is 36.3. The SMILES string of the molecule is CCCCOC(=O)C1CN(c2ccc(C3=NNC(=O)CS3)c(F)c2)C(=O)O1. The molecule has 0 spiro atoms. The molecule has 8 nitrogen and oxygen atoms in total. The maximum atomic E-state index is 14.5. The number of esters is 1. The van der Waals surface area contributed by atoms with Crippen molar-refractivity contribution in [3.63, 3.8) is 0 Å². The first-order chi connectivity index (χ1) is 13.0. The predicted molar refractivity (Wildman–Crippen MR) is 97.0 cm³/mol. The highest BCUT2D eigenvalue weighted by atomic mass is 32.2. The van der Waals surface area contributed by atoms with Crippen LogP contribution >= 0.6 is 11.8 Å². The van der Waals surface area contributed by atoms with Crippen molar-refractivity contribution in [1.29, 1.82) is 0 Å². The van der Waals surface area contributed by atoms with E-state index in [1.165, 1.54) is 23.1 Å². The summed E-state index contributed by atoms with van der Waals surface area (Å²) in [6, 6.07) is 4.17. The van der Waals surface area contributed by atoms with E-state index in [-0.39, 0.29) is 36.1 Å². The van der Waals surface area contributed by atoms with Gasteiger partial charge in [0.2, 0.25) is 6.10 Å². The second kappa shape index (κ2) is 8.38. The van der Waals surface area contributed by atoms with Gasteiger partial charge in [-0.25, -0.2) is 19.4 Å². The first-order valence-corrected chi connectivity index (χ1v) is 9.42. The maximum absolute atomic E-state index is 14.5. The van der Waals surface area contributed by atoms with E-state index in [1.807, 2.05) is 6.92 Å². The number of carbonyl (C=O) groups is 3. The molecule has 0 aliphatic carbocycles. The number of anilines is 1. The second-order valence-corrected chi connectivity index (χ2v) is 6.87. The van der Waals surface area contributed by atoms with Gasteiger partial charge in [0.05, 0.1) is 24.6 Å². The number of ether oxygens (including phenoxy) is 2. The average Bonchev–Trinajstić information content (AvgIpc) is 3.04. The summed E-state index contributed by atoms with van der Waals surface area (Å²) >= 11 is 1.12. The second-order valence-electron chi connectivity index (χ2n) is 5.91. The van der Waals surface area contributed by atoms with Crippen molar-refractivity contribution in [2.45, 2.75) is 25.9 Å². The van der Waals surface area contributed by atoms with E-state index < -0.39 is 24.0 Å². The maximum Gasteiger partial charge on any atom is 0.415 e. The molecule has 2 aliphatic heterocycles. The lowest BCUT2D eigenvalue weighted by Crippen LogP contribution is -2.29. The molecule has 1 unspecified atom stereocenters. The number of hydrazone groups is 1. The molecule has 1 N–H and O–H groups in total. The highest BCUT2D eigenvalue weighted by Gasteiger charge is 2.38. The van der Waals surface area contributed by atoms with Crippen LogP contribution in [-0.4, -0.2) is 48.0 Å². The van der Waals surface area contributed by atoms with Gasteiger partial charge in [0.1, 0.15) is 10.9 Å². The molecule has 1 saturated heterocycles. The summed E-state index contributed by atoms with van der Waals surface area (Å²) < 4.78 is 24.6. The minimum atomic E-state index is -1.04. The molecule has 0 radical (unpaired) electrons. The highest BCUT2D eigenvalue weighted by molar-refractivity contribution is 8.15. The van der Waals surface area contributed by atoms with Crippen LogP contribution in [0, 0.1) is 5.82 Å². The molecule has 0 bridgehead atoms. The average molecular weight is 395 g/mol. The lowest BCUT2D eigenvalue weighted by atomic mass is 10.2. The van der Waals surface area contributed by atoms with Crippen LogP contribution in [0.1, 0.15) is 25.3 Å². The van der Waals surface area contributed by atoms with Gasteiger partial charge in [-0.2, -0.15) is 5.10 Å². The van der Waals surface area contributed by atoms with Gasteiger partial charge in [0.25, 0.3) is 5.91 Å². The number of unbranched alkanes of at least 4 members (excludes halogenated alkanes) is 1. The van der Waals surface area contributed by atoms with Crippen molar-refractivity contribution in [2.24, 2.45) is 5.10 Å². The van der Waals surface area contributed by atoms with E-state index >= 15 is 0 Å². The largest absolute Gasteiger partial charge is 0.463 e. The Morgan fingerprint density at radius 3 is 2.96 bits per heavy atom. The van der Waals surface area contributed by atoms with Crippen LogP contribution in [0.15, 0.2) is 23.3 Å². The Kier molecular flexibility index (Phi) is 5.94. The van der Waals surface area contributed by atoms with E-state index in [9.17, 15) is 18.8 Å². The van der Waals surface area contributed by atoms with E-state index in [0.717, 1.165) is 24.6 Å². The van der Waals surface area contributed by atoms with Crippen molar-refractivity contribution in [1.82, 2.24) is 5.43 Å². The smallest absolute Gasteiger partial charge is 0.415 e. The number of halogens is 1. The fraction of sp³-hybridized carbons (Fsp3) is 0.412. The third-order valence-corrected chi connectivity index (χ3v) is 4.93. The van der Waals surface area contributed by atoms with Gasteiger partial charge in [0.15, 0.2) is 0 Å². The van der Waals surface area contributed by atoms with Gasteiger partial charge in [-0.1, -0.05) is 25.1 Å². The number of hydrogen-bond acceptors (Lipinski definition) is 7. The van der Waals surface area contributed by atoms with Crippen molar-refractivity contribution in [3.05, 3.63) is 29.6 Å². The van der Waals surface area contributed by atoms with E-state index in [4.69, 9.17) is 9.47 Å². The number of rotatable bonds is 6. The first kappa shape index (κ1) is 19.2. The molecule has 2 heterocycles. The molecule has 1 aromatic carbocycles. The van der Waals surface area contributed by atoms with Gasteiger partial charge in [-0.3, -0.25) is 9.69 Å². The number of benzene rings is 1. The Balaban J connectivity index is 1.69. The molecular formula is C17H18FN3O5S. The Bertz CT molecular complexity index is 801. The number of carbonyl (C=O) groups excluding carboxylic acids is 3. The highest BCUT2D eigenvalue weighted by Crippen LogP contribution is 2.27. The lowest BCUT2D eigenvalue weighted by molar-refractivity contribution is -0.151. The monoisotopic (exact) mass is 395 g/mol. The number of thioether (sulfide) groups is 1. The van der Waals surface area contributed by atoms with Crippen LogP contribution in [0.25, 0.3) is 0 Å². The van der Waals surface area contributed by atoms with Crippen molar-refractivity contribution in [2.75, 3.05) is 23.8 Å². The summed E-state index contributed by atoms with van der Waals surface area (Å²) in [5.74, 6) is -1.31. The van der Waals surface area contributed by atoms with Gasteiger partial charge >= 0.3 is 12.1 Å². The summed E-state index contributed by atoms with van der Waals surface area (Å²) in [7, 11) is 0. The summed E-state index contributed by atoms with van der Waals surface area (Å²) in [5, 5.41) is 4.18. The standard InChI is InChI=1S/C17H18FN3O5S/c1-2-3-6-25-16(23)13-8-21(17(24)26-13)10-4-5-11(12(18)7-10)15-20-19-14(22)9-27-15/h4-5,7,13H,2-3,6,8-9H2,1H3,(H,19,22). The molecule has 2 amide bonds. The number of nitrogens with one attached hydrogen (secondary N) is 1. The Morgan fingerprint density at radius 1 is 1.48 bits per heavy atom. The fourth-order valence-electron chi connectivity index (χ4n) is 2.50. The predicted octanol–water partition coefficient (Wildman–Crippen LogP) is 2.02. The van der Waals surface area contributed by atoms with Gasteiger partial charge in [0, 0.05) is 5.56 Å². The molecule has 1 fully saturated rings. The topological polar surface area (TPSA) is 97.3 Å². The van der Waals surface area contributed by atoms with Gasteiger partial charge < -0.3 is 9.47 Å². The van der Waals surface area contributed by atoms with Crippen LogP contribution in [0.2, 0.25) is 0 Å². The summed E-state index contributed by atoms with van der Waals surface area (Å²) in [5.41, 5.74) is 2.77. The minimum absolute atomic E-state index is 0.0473. The molecule has 1 aromatic rings. The Morgan fingerprint density at radius 2 is 2.30 bits per heavy atom. The van der Waals surface area contributed by atoms with Crippen LogP contribution in [0.3, 0.4) is 0 Å². The number of hydrogen-bond donors (Lipinski definition) is 1. The molecule has 10 heteroatoms. The number of nitrogens with zero attached hydrogens (tertiary/aromatic N) is 2. The molecule has 1 atom stereocenters. The quantitative estimate of drug-likeness (QED) is 0.585. The van der Waals surface area contributed by atoms with Crippen molar-refractivity contribution in [3.8, 4) is 0 Å². The van der Waals surface area contributed by atoms with Crippen molar-refractivity contribution >= 4 is 40.5 Å². The Hall–Kier alpha value is -2.62. The molecular weight excluding hydrogens is 377 g/mol. The third kappa shape index (κ3) is 4.38. The van der Waals surface area contributed by atoms with Crippen LogP contribution in [-0.2, 0) is 19.1 Å². The molecule has 27 heavy (non-hydrogen) atoms. The summed E-state index contributed by atoms with van der Waals surface area (Å²) in [6.45, 7) is 2.19. The normalized spacial score (nSPS) is 19.4. The van der Waals surface area contributed by atoms with E-state index in [2.05, 4.69) is 10.5 Å². The minimum Gasteiger partial charge on any atom is -0.463 e. The van der Waals surface area contributed by atoms with Crippen LogP contribution in [0.4, 0.5) is 14.9 Å². The van der Waals surface area contributed by atoms with Gasteiger partial charge in [-0.05, 0) is 24.6 Å². The third-order valence-electron chi connectivity index (χ3n) is 3.93. The van der Waals surface area contributed by atoms with E-state index in [0.29, 0.717) is 5.04 Å². The van der Waals surface area contributed by atoms with Crippen molar-refractivity contribution < 1.29 is 28.2 Å². The lowest BCUT2D eigenvalue weighted by Gasteiger charge is -2.16. The molecule has 0 saturated carbocycles. The van der Waals surface area contributed by atoms with Crippen LogP contribution in [0.5, 0.6) is 0 Å². The zero-order chi connectivity index (χ0) is 19.4. The zero-order valence-electron chi connectivity index (χ0n) is 14.6. The molecule has 3 rings (SSSR count). The Labute approximate surface area is 159 Å².